The summed E-state index contributed by atoms with van der Waals surface area (Å²) in [6, 6.07) is 9.40. The molecule has 27 heavy (non-hydrogen) atoms. The Morgan fingerprint density at radius 1 is 1.22 bits per heavy atom. The third kappa shape index (κ3) is 4.78. The Kier molecular flexibility index (Phi) is 6.01. The van der Waals surface area contributed by atoms with Gasteiger partial charge in [-0.3, -0.25) is 14.2 Å². The molecule has 0 aliphatic carbocycles. The van der Waals surface area contributed by atoms with E-state index in [0.29, 0.717) is 23.9 Å². The van der Waals surface area contributed by atoms with Crippen molar-refractivity contribution in [3.63, 3.8) is 0 Å². The van der Waals surface area contributed by atoms with E-state index in [1.54, 1.807) is 10.7 Å². The molecule has 1 N–H and O–H groups in total. The van der Waals surface area contributed by atoms with Crippen LogP contribution in [0.4, 0.5) is 5.82 Å². The number of aryl methyl sites for hydroxylation is 1. The summed E-state index contributed by atoms with van der Waals surface area (Å²) in [5, 5.41) is 12.4. The van der Waals surface area contributed by atoms with Gasteiger partial charge in [0.1, 0.15) is 0 Å². The van der Waals surface area contributed by atoms with Crippen LogP contribution in [0, 0.1) is 19.8 Å². The van der Waals surface area contributed by atoms with Crippen LogP contribution >= 0.6 is 27.5 Å². The zero-order valence-electron chi connectivity index (χ0n) is 15.4. The lowest BCUT2D eigenvalue weighted by Crippen LogP contribution is -2.25. The van der Waals surface area contributed by atoms with Crippen LogP contribution < -0.4 is 5.32 Å². The molecule has 1 amide bonds. The van der Waals surface area contributed by atoms with Crippen molar-refractivity contribution in [1.82, 2.24) is 19.6 Å². The summed E-state index contributed by atoms with van der Waals surface area (Å²) in [4.78, 5) is 12.5. The van der Waals surface area contributed by atoms with E-state index in [1.807, 2.05) is 55.9 Å². The van der Waals surface area contributed by atoms with Crippen molar-refractivity contribution in [2.75, 3.05) is 5.32 Å². The predicted molar refractivity (Wildman–Crippen MR) is 110 cm³/mol. The SMILES string of the molecule is Cc1nn(CC(C)C(=O)Nc2ccn(Cc3ccc(Cl)cc3)n2)c(C)c1Br. The number of rotatable bonds is 6. The lowest BCUT2D eigenvalue weighted by molar-refractivity contribution is -0.119. The minimum atomic E-state index is -0.240. The van der Waals surface area contributed by atoms with Crippen molar-refractivity contribution in [2.45, 2.75) is 33.9 Å². The summed E-state index contributed by atoms with van der Waals surface area (Å²) in [7, 11) is 0. The number of halogens is 2. The second kappa shape index (κ2) is 8.27. The van der Waals surface area contributed by atoms with Crippen molar-refractivity contribution >= 4 is 39.3 Å². The Bertz CT molecular complexity index is 948. The largest absolute Gasteiger partial charge is 0.309 e. The summed E-state index contributed by atoms with van der Waals surface area (Å²) in [6.07, 6.45) is 1.84. The van der Waals surface area contributed by atoms with Gasteiger partial charge < -0.3 is 5.32 Å². The highest BCUT2D eigenvalue weighted by Gasteiger charge is 2.18. The zero-order valence-corrected chi connectivity index (χ0v) is 17.8. The van der Waals surface area contributed by atoms with E-state index in [0.717, 1.165) is 21.4 Å². The number of carbonyl (C=O) groups is 1. The molecule has 0 spiro atoms. The highest BCUT2D eigenvalue weighted by molar-refractivity contribution is 9.10. The monoisotopic (exact) mass is 449 g/mol. The predicted octanol–water partition coefficient (Wildman–Crippen LogP) is 4.44. The minimum Gasteiger partial charge on any atom is -0.309 e. The lowest BCUT2D eigenvalue weighted by Gasteiger charge is -2.12. The highest BCUT2D eigenvalue weighted by atomic mass is 79.9. The van der Waals surface area contributed by atoms with E-state index in [9.17, 15) is 4.79 Å². The molecule has 0 fully saturated rings. The van der Waals surface area contributed by atoms with Gasteiger partial charge in [-0.1, -0.05) is 30.7 Å². The van der Waals surface area contributed by atoms with Crippen LogP contribution in [-0.2, 0) is 17.9 Å². The lowest BCUT2D eigenvalue weighted by atomic mass is 10.1. The topological polar surface area (TPSA) is 64.7 Å². The molecule has 0 radical (unpaired) electrons. The van der Waals surface area contributed by atoms with Crippen molar-refractivity contribution in [1.29, 1.82) is 0 Å². The second-order valence-corrected chi connectivity index (χ2v) is 7.81. The van der Waals surface area contributed by atoms with Crippen LogP contribution in [-0.4, -0.2) is 25.5 Å². The molecular weight excluding hydrogens is 430 g/mol. The maximum atomic E-state index is 12.5. The van der Waals surface area contributed by atoms with E-state index < -0.39 is 0 Å². The fourth-order valence-corrected chi connectivity index (χ4v) is 3.15. The molecule has 1 atom stereocenters. The molecule has 3 rings (SSSR count). The first kappa shape index (κ1) is 19.6. The van der Waals surface area contributed by atoms with Crippen LogP contribution in [0.5, 0.6) is 0 Å². The Balaban J connectivity index is 1.59. The molecule has 142 valence electrons. The molecule has 1 unspecified atom stereocenters. The van der Waals surface area contributed by atoms with Gasteiger partial charge in [0.2, 0.25) is 5.91 Å². The van der Waals surface area contributed by atoms with Gasteiger partial charge in [-0.2, -0.15) is 10.2 Å². The first-order valence-corrected chi connectivity index (χ1v) is 9.79. The Hall–Kier alpha value is -2.12. The van der Waals surface area contributed by atoms with Crippen LogP contribution in [0.2, 0.25) is 5.02 Å². The van der Waals surface area contributed by atoms with Crippen molar-refractivity contribution < 1.29 is 4.79 Å². The Labute approximate surface area is 171 Å². The van der Waals surface area contributed by atoms with Crippen molar-refractivity contribution in [2.24, 2.45) is 5.92 Å². The number of benzene rings is 1. The first-order valence-electron chi connectivity index (χ1n) is 8.61. The number of aromatic nitrogens is 4. The molecule has 8 heteroatoms. The number of anilines is 1. The Morgan fingerprint density at radius 2 is 1.93 bits per heavy atom. The molecular formula is C19H21BrClN5O. The van der Waals surface area contributed by atoms with Gasteiger partial charge in [0.15, 0.2) is 5.82 Å². The molecule has 3 aromatic rings. The molecule has 0 bridgehead atoms. The smallest absolute Gasteiger partial charge is 0.230 e. The number of carbonyl (C=O) groups excluding carboxylic acids is 1. The number of nitrogens with zero attached hydrogens (tertiary/aromatic N) is 4. The third-order valence-electron chi connectivity index (χ3n) is 4.34. The van der Waals surface area contributed by atoms with E-state index in [4.69, 9.17) is 11.6 Å². The van der Waals surface area contributed by atoms with Gasteiger partial charge in [-0.15, -0.1) is 0 Å². The van der Waals surface area contributed by atoms with Crippen LogP contribution in [0.3, 0.4) is 0 Å². The minimum absolute atomic E-state index is 0.0876. The standard InChI is InChI=1S/C19H21BrClN5O/c1-12(10-26-14(3)18(20)13(2)23-26)19(27)22-17-8-9-25(24-17)11-15-4-6-16(21)7-5-15/h4-9,12H,10-11H2,1-3H3,(H,22,24,27). The van der Waals surface area contributed by atoms with Gasteiger partial charge in [0, 0.05) is 23.0 Å². The normalized spacial score (nSPS) is 12.2. The Morgan fingerprint density at radius 3 is 2.56 bits per heavy atom. The zero-order chi connectivity index (χ0) is 19.6. The molecule has 1 aromatic carbocycles. The molecule has 6 nitrogen and oxygen atoms in total. The maximum absolute atomic E-state index is 12.5. The van der Waals surface area contributed by atoms with Gasteiger partial charge in [-0.05, 0) is 47.5 Å². The number of nitrogens with one attached hydrogen (secondary N) is 1. The first-order chi connectivity index (χ1) is 12.8. The van der Waals surface area contributed by atoms with Gasteiger partial charge >= 0.3 is 0 Å². The summed E-state index contributed by atoms with van der Waals surface area (Å²) >= 11 is 9.42. The van der Waals surface area contributed by atoms with E-state index >= 15 is 0 Å². The second-order valence-electron chi connectivity index (χ2n) is 6.58. The van der Waals surface area contributed by atoms with Crippen molar-refractivity contribution in [3.8, 4) is 0 Å². The molecule has 0 saturated heterocycles. The van der Waals surface area contributed by atoms with Crippen molar-refractivity contribution in [3.05, 3.63) is 63.0 Å². The summed E-state index contributed by atoms with van der Waals surface area (Å²) in [6.45, 7) is 6.92. The summed E-state index contributed by atoms with van der Waals surface area (Å²) in [5.74, 6) is 0.210. The van der Waals surface area contributed by atoms with Gasteiger partial charge in [0.25, 0.3) is 0 Å². The van der Waals surface area contributed by atoms with E-state index in [-0.39, 0.29) is 11.8 Å². The van der Waals surface area contributed by atoms with Crippen LogP contribution in [0.15, 0.2) is 41.0 Å². The van der Waals surface area contributed by atoms with E-state index in [1.165, 1.54) is 0 Å². The average molecular weight is 451 g/mol. The summed E-state index contributed by atoms with van der Waals surface area (Å²) < 4.78 is 4.61. The molecule has 2 heterocycles. The molecule has 0 saturated carbocycles. The number of hydrogen-bond donors (Lipinski definition) is 1. The maximum Gasteiger partial charge on any atom is 0.230 e. The van der Waals surface area contributed by atoms with E-state index in [2.05, 4.69) is 31.4 Å². The van der Waals surface area contributed by atoms with Crippen LogP contribution in [0.25, 0.3) is 0 Å². The average Bonchev–Trinajstić information content (AvgIpc) is 3.17. The highest BCUT2D eigenvalue weighted by Crippen LogP contribution is 2.21. The van der Waals surface area contributed by atoms with Gasteiger partial charge in [-0.25, -0.2) is 0 Å². The number of amides is 1. The fraction of sp³-hybridized carbons (Fsp3) is 0.316. The third-order valence-corrected chi connectivity index (χ3v) is 5.74. The van der Waals surface area contributed by atoms with Crippen LogP contribution in [0.1, 0.15) is 23.9 Å². The van der Waals surface area contributed by atoms with Gasteiger partial charge in [0.05, 0.1) is 29.2 Å². The molecule has 0 aliphatic heterocycles. The molecule has 0 aliphatic rings. The summed E-state index contributed by atoms with van der Waals surface area (Å²) in [5.41, 5.74) is 3.02. The molecule has 2 aromatic heterocycles. The fourth-order valence-electron chi connectivity index (χ4n) is 2.74. The number of hydrogen-bond acceptors (Lipinski definition) is 3. The quantitative estimate of drug-likeness (QED) is 0.604.